The molecule has 0 aromatic heterocycles. The van der Waals surface area contributed by atoms with Crippen molar-refractivity contribution < 1.29 is 10.2 Å². The van der Waals surface area contributed by atoms with Gasteiger partial charge in [0.25, 0.3) is 0 Å². The minimum Gasteiger partial charge on any atom is -0.569 e. The molecule has 1 aliphatic heterocycles. The summed E-state index contributed by atoms with van der Waals surface area (Å²) in [6.07, 6.45) is 1.06. The van der Waals surface area contributed by atoms with Gasteiger partial charge < -0.3 is 15.7 Å². The summed E-state index contributed by atoms with van der Waals surface area (Å²) in [4.78, 5) is 0.276. The Morgan fingerprint density at radius 2 is 2.27 bits per heavy atom. The van der Waals surface area contributed by atoms with Crippen LogP contribution in [0.25, 0.3) is 0 Å². The van der Waals surface area contributed by atoms with Crippen molar-refractivity contribution in [2.45, 2.75) is 32.7 Å². The van der Waals surface area contributed by atoms with E-state index in [9.17, 15) is 5.21 Å². The Morgan fingerprint density at radius 3 is 2.67 bits per heavy atom. The summed E-state index contributed by atoms with van der Waals surface area (Å²) in [5.41, 5.74) is -0.337. The van der Waals surface area contributed by atoms with E-state index in [4.69, 9.17) is 5.21 Å². The van der Waals surface area contributed by atoms with Crippen LogP contribution in [0.1, 0.15) is 27.2 Å². The zero-order chi connectivity index (χ0) is 11.5. The molecule has 0 aliphatic carbocycles. The second-order valence-corrected chi connectivity index (χ2v) is 4.95. The van der Waals surface area contributed by atoms with Crippen LogP contribution in [0.15, 0.2) is 5.28 Å². The van der Waals surface area contributed by atoms with Gasteiger partial charge in [-0.2, -0.15) is 0 Å². The van der Waals surface area contributed by atoms with E-state index in [0.29, 0.717) is 12.5 Å². The quantitative estimate of drug-likeness (QED) is 0.418. The first-order chi connectivity index (χ1) is 6.95. The highest BCUT2D eigenvalue weighted by Crippen LogP contribution is 2.18. The molecule has 1 unspecified atom stereocenters. The van der Waals surface area contributed by atoms with Crippen LogP contribution in [0.2, 0.25) is 0 Å². The molecule has 1 saturated heterocycles. The van der Waals surface area contributed by atoms with Crippen LogP contribution in [0.3, 0.4) is 0 Å². The minimum absolute atomic E-state index is 0.276. The van der Waals surface area contributed by atoms with Gasteiger partial charge in [-0.25, -0.2) is 0 Å². The first-order valence-electron chi connectivity index (χ1n) is 5.25. The van der Waals surface area contributed by atoms with E-state index >= 15 is 0 Å². The third-order valence-electron chi connectivity index (χ3n) is 2.65. The summed E-state index contributed by atoms with van der Waals surface area (Å²) in [6, 6.07) is 0. The lowest BCUT2D eigenvalue weighted by molar-refractivity contribution is -0.725. The van der Waals surface area contributed by atoms with E-state index < -0.39 is 0 Å². The lowest BCUT2D eigenvalue weighted by Gasteiger charge is -2.31. The van der Waals surface area contributed by atoms with Gasteiger partial charge in [0.05, 0.1) is 17.1 Å². The van der Waals surface area contributed by atoms with E-state index in [1.54, 1.807) is 0 Å². The van der Waals surface area contributed by atoms with E-state index in [1.807, 2.05) is 20.8 Å². The Morgan fingerprint density at radius 1 is 1.60 bits per heavy atom. The zero-order valence-corrected chi connectivity index (χ0v) is 9.60. The molecule has 1 aliphatic rings. The van der Waals surface area contributed by atoms with Crippen molar-refractivity contribution >= 4 is 0 Å². The standard InChI is InChI=1S/C9H20N4O2/c1-9(2,3)12(13(15)11-14)7-8-4-5-10-6-8/h8,10,14H,4-7H2,1-3H3. The molecule has 0 bridgehead atoms. The summed E-state index contributed by atoms with van der Waals surface area (Å²) in [5.74, 6) is 0.447. The van der Waals surface area contributed by atoms with Crippen LogP contribution in [-0.2, 0) is 0 Å². The first kappa shape index (κ1) is 12.0. The monoisotopic (exact) mass is 216 g/mol. The normalized spacial score (nSPS) is 23.1. The van der Waals surface area contributed by atoms with Gasteiger partial charge in [-0.05, 0) is 46.2 Å². The molecule has 2 N–H and O–H groups in total. The van der Waals surface area contributed by atoms with E-state index in [-0.39, 0.29) is 10.5 Å². The Bertz CT molecular complexity index is 231. The lowest BCUT2D eigenvalue weighted by Crippen LogP contribution is -2.48. The van der Waals surface area contributed by atoms with Gasteiger partial charge in [0, 0.05) is 0 Å². The third kappa shape index (κ3) is 3.23. The topological polar surface area (TPSA) is 73.9 Å². The summed E-state index contributed by atoms with van der Waals surface area (Å²) in [7, 11) is 0. The van der Waals surface area contributed by atoms with Crippen LogP contribution >= 0.6 is 0 Å². The molecule has 0 aromatic carbocycles. The second kappa shape index (κ2) is 4.65. The number of nitrogens with zero attached hydrogens (tertiary/aromatic N) is 3. The average Bonchev–Trinajstić information content (AvgIpc) is 2.63. The number of rotatable bonds is 3. The van der Waals surface area contributed by atoms with Crippen molar-refractivity contribution in [1.29, 1.82) is 0 Å². The van der Waals surface area contributed by atoms with Crippen LogP contribution in [-0.4, -0.2) is 40.4 Å². The smallest absolute Gasteiger partial charge is 0.230 e. The van der Waals surface area contributed by atoms with Crippen molar-refractivity contribution in [2.75, 3.05) is 19.6 Å². The molecule has 15 heavy (non-hydrogen) atoms. The van der Waals surface area contributed by atoms with Crippen molar-refractivity contribution in [3.8, 4) is 0 Å². The summed E-state index contributed by atoms with van der Waals surface area (Å²) >= 11 is 0. The molecule has 1 heterocycles. The van der Waals surface area contributed by atoms with Crippen molar-refractivity contribution in [3.63, 3.8) is 0 Å². The Kier molecular flexibility index (Phi) is 3.73. The zero-order valence-electron chi connectivity index (χ0n) is 9.60. The lowest BCUT2D eigenvalue weighted by atomic mass is 10.0. The van der Waals surface area contributed by atoms with Crippen LogP contribution in [0, 0.1) is 11.1 Å². The fraction of sp³-hybridized carbons (Fsp3) is 1.00. The fourth-order valence-electron chi connectivity index (χ4n) is 1.76. The maximum atomic E-state index is 11.4. The van der Waals surface area contributed by atoms with Gasteiger partial charge in [-0.15, -0.1) is 5.01 Å². The second-order valence-electron chi connectivity index (χ2n) is 4.95. The predicted molar refractivity (Wildman–Crippen MR) is 55.3 cm³/mol. The molecule has 0 radical (unpaired) electrons. The minimum atomic E-state index is -0.337. The number of nitrogens with one attached hydrogen (secondary N) is 1. The highest BCUT2D eigenvalue weighted by molar-refractivity contribution is 4.77. The Labute approximate surface area is 90.1 Å². The van der Waals surface area contributed by atoms with Gasteiger partial charge in [0.2, 0.25) is 5.28 Å². The molecule has 6 heteroatoms. The van der Waals surface area contributed by atoms with Crippen LogP contribution < -0.4 is 5.32 Å². The van der Waals surface area contributed by atoms with Gasteiger partial charge in [0.1, 0.15) is 0 Å². The van der Waals surface area contributed by atoms with Gasteiger partial charge in [0.15, 0.2) is 0 Å². The van der Waals surface area contributed by atoms with Gasteiger partial charge in [-0.3, -0.25) is 0 Å². The largest absolute Gasteiger partial charge is 0.569 e. The Hall–Kier alpha value is -1.04. The van der Waals surface area contributed by atoms with Crippen LogP contribution in [0.5, 0.6) is 0 Å². The molecule has 0 saturated carbocycles. The highest BCUT2D eigenvalue weighted by Gasteiger charge is 2.32. The number of hydrogen-bond acceptors (Lipinski definition) is 3. The Balaban J connectivity index is 2.64. The molecular weight excluding hydrogens is 196 g/mol. The third-order valence-corrected chi connectivity index (χ3v) is 2.65. The van der Waals surface area contributed by atoms with E-state index in [1.165, 1.54) is 5.01 Å². The van der Waals surface area contributed by atoms with Crippen molar-refractivity contribution in [3.05, 3.63) is 5.21 Å². The molecule has 1 fully saturated rings. The first-order valence-corrected chi connectivity index (χ1v) is 5.25. The summed E-state index contributed by atoms with van der Waals surface area (Å²) < 4.78 is 0. The van der Waals surface area contributed by atoms with Crippen molar-refractivity contribution in [2.24, 2.45) is 11.2 Å². The fourth-order valence-corrected chi connectivity index (χ4v) is 1.76. The number of hydrogen-bond donors (Lipinski definition) is 2. The van der Waals surface area contributed by atoms with Gasteiger partial charge >= 0.3 is 0 Å². The molecule has 1 atom stereocenters. The predicted octanol–water partition coefficient (Wildman–Crippen LogP) is 0.963. The molecule has 6 nitrogen and oxygen atoms in total. The number of hydrazine groups is 1. The van der Waals surface area contributed by atoms with E-state index in [0.717, 1.165) is 19.5 Å². The molecule has 88 valence electrons. The molecule has 0 aromatic rings. The SMILES string of the molecule is CC(C)(C)N(CC1CCNC1)[N+]([O-])=NO. The van der Waals surface area contributed by atoms with Gasteiger partial charge in [-0.1, -0.05) is 0 Å². The molecule has 0 amide bonds. The van der Waals surface area contributed by atoms with Crippen LogP contribution in [0.4, 0.5) is 0 Å². The van der Waals surface area contributed by atoms with E-state index in [2.05, 4.69) is 10.6 Å². The molecular formula is C9H20N4O2. The molecule has 1 rings (SSSR count). The van der Waals surface area contributed by atoms with Crippen molar-refractivity contribution in [1.82, 2.24) is 10.3 Å². The maximum Gasteiger partial charge on any atom is 0.230 e. The summed E-state index contributed by atoms with van der Waals surface area (Å²) in [6.45, 7) is 8.30. The average molecular weight is 216 g/mol. The summed E-state index contributed by atoms with van der Waals surface area (Å²) in [5, 5.41) is 27.3. The highest BCUT2D eigenvalue weighted by atomic mass is 16.6. The maximum absolute atomic E-state index is 11.4. The molecule has 0 spiro atoms.